The highest BCUT2D eigenvalue weighted by molar-refractivity contribution is 6.32. The van der Waals surface area contributed by atoms with Crippen LogP contribution in [-0.4, -0.2) is 21.8 Å². The number of nitrogens with zero attached hydrogens (tertiary/aromatic N) is 2. The zero-order valence-electron chi connectivity index (χ0n) is 9.81. The van der Waals surface area contributed by atoms with Crippen LogP contribution in [0.3, 0.4) is 0 Å². The molecule has 1 unspecified atom stereocenters. The van der Waals surface area contributed by atoms with Crippen molar-refractivity contribution in [1.29, 1.82) is 0 Å². The number of hydrogen-bond acceptors (Lipinski definition) is 5. The van der Waals surface area contributed by atoms with Gasteiger partial charge >= 0.3 is 0 Å². The van der Waals surface area contributed by atoms with Gasteiger partial charge in [-0.15, -0.1) is 0 Å². The van der Waals surface area contributed by atoms with E-state index in [1.165, 1.54) is 6.07 Å². The molecular weight excluding hydrogens is 270 g/mol. The van der Waals surface area contributed by atoms with Crippen LogP contribution in [0.2, 0.25) is 5.02 Å². The zero-order valence-corrected chi connectivity index (χ0v) is 10.6. The number of ketones is 1. The molecule has 2 aromatic rings. The van der Waals surface area contributed by atoms with Crippen molar-refractivity contribution in [3.63, 3.8) is 0 Å². The van der Waals surface area contributed by atoms with Gasteiger partial charge in [0.15, 0.2) is 17.5 Å². The second-order valence-corrected chi connectivity index (χ2v) is 4.59. The monoisotopic (exact) mass is 277 g/mol. The topological polar surface area (TPSA) is 85.1 Å². The molecule has 0 radical (unpaired) electrons. The van der Waals surface area contributed by atoms with Crippen molar-refractivity contribution in [3.05, 3.63) is 40.5 Å². The highest BCUT2D eigenvalue weighted by Gasteiger charge is 2.39. The number of rotatable bonds is 1. The van der Waals surface area contributed by atoms with Crippen molar-refractivity contribution in [2.24, 2.45) is 0 Å². The number of nitrogens with one attached hydrogen (secondary N) is 1. The molecule has 96 valence electrons. The summed E-state index contributed by atoms with van der Waals surface area (Å²) >= 11 is 5.83. The highest BCUT2D eigenvalue weighted by atomic mass is 35.5. The highest BCUT2D eigenvalue weighted by Crippen LogP contribution is 2.32. The lowest BCUT2D eigenvalue weighted by molar-refractivity contribution is -0.117. The number of Topliss-reactive ketones (excluding diaryl/α,β-unsaturated/α-hetero) is 1. The van der Waals surface area contributed by atoms with Crippen molar-refractivity contribution < 1.29 is 14.1 Å². The Balaban J connectivity index is 2.08. The fraction of sp³-hybridized carbons (Fsp3) is 0.167. The summed E-state index contributed by atoms with van der Waals surface area (Å²) in [5.74, 6) is -1.60. The molecule has 1 aliphatic heterocycles. The van der Waals surface area contributed by atoms with Crippen molar-refractivity contribution in [2.45, 2.75) is 12.8 Å². The molecule has 3 rings (SSSR count). The van der Waals surface area contributed by atoms with E-state index in [9.17, 15) is 9.59 Å². The van der Waals surface area contributed by atoms with Gasteiger partial charge in [0.2, 0.25) is 11.8 Å². The summed E-state index contributed by atoms with van der Waals surface area (Å²) in [5, 5.41) is 6.65. The van der Waals surface area contributed by atoms with E-state index in [-0.39, 0.29) is 11.7 Å². The lowest BCUT2D eigenvalue weighted by atomic mass is 9.91. The number of carbonyl (C=O) groups is 2. The van der Waals surface area contributed by atoms with Gasteiger partial charge in [0, 0.05) is 10.6 Å². The first kappa shape index (κ1) is 11.9. The molecule has 6 nitrogen and oxygen atoms in total. The van der Waals surface area contributed by atoms with Gasteiger partial charge in [-0.1, -0.05) is 16.8 Å². The van der Waals surface area contributed by atoms with Crippen LogP contribution < -0.4 is 5.32 Å². The first-order valence-electron chi connectivity index (χ1n) is 5.51. The van der Waals surface area contributed by atoms with E-state index in [1.54, 1.807) is 19.1 Å². The molecule has 0 bridgehead atoms. The van der Waals surface area contributed by atoms with E-state index >= 15 is 0 Å². The molecule has 0 saturated heterocycles. The Bertz CT molecular complexity index is 695. The minimum Gasteiger partial charge on any atom is -0.338 e. The minimum atomic E-state index is -1.10. The molecule has 0 spiro atoms. The lowest BCUT2D eigenvalue weighted by Gasteiger charge is -2.21. The molecule has 19 heavy (non-hydrogen) atoms. The standard InChI is InChI=1S/C12H8ClN3O3/c1-5-14-12(19-16-5)9-10(17)7-3-2-6(13)4-8(7)15-11(9)18/h2-4,9H,1H3,(H,15,18). The average Bonchev–Trinajstić information content (AvgIpc) is 2.75. The van der Waals surface area contributed by atoms with Crippen molar-refractivity contribution in [1.82, 2.24) is 10.1 Å². The van der Waals surface area contributed by atoms with Crippen LogP contribution in [0.25, 0.3) is 0 Å². The van der Waals surface area contributed by atoms with Crippen molar-refractivity contribution in [3.8, 4) is 0 Å². The maximum absolute atomic E-state index is 12.3. The van der Waals surface area contributed by atoms with Gasteiger partial charge in [0.05, 0.1) is 5.69 Å². The molecule has 1 amide bonds. The van der Waals surface area contributed by atoms with Gasteiger partial charge in [0.25, 0.3) is 0 Å². The van der Waals surface area contributed by atoms with Crippen molar-refractivity contribution >= 4 is 29.0 Å². The van der Waals surface area contributed by atoms with Gasteiger partial charge in [0.1, 0.15) is 0 Å². The van der Waals surface area contributed by atoms with Crippen LogP contribution in [-0.2, 0) is 4.79 Å². The number of halogens is 1. The van der Waals surface area contributed by atoms with Crippen LogP contribution in [0.5, 0.6) is 0 Å². The summed E-state index contributed by atoms with van der Waals surface area (Å²) in [6.45, 7) is 1.62. The van der Waals surface area contributed by atoms with E-state index in [0.29, 0.717) is 22.1 Å². The number of aromatic nitrogens is 2. The van der Waals surface area contributed by atoms with Gasteiger partial charge in [-0.25, -0.2) is 0 Å². The molecule has 2 heterocycles. The predicted molar refractivity (Wildman–Crippen MR) is 66.2 cm³/mol. The van der Waals surface area contributed by atoms with Crippen LogP contribution >= 0.6 is 11.6 Å². The smallest absolute Gasteiger partial charge is 0.247 e. The molecule has 0 saturated carbocycles. The first-order valence-corrected chi connectivity index (χ1v) is 5.89. The second-order valence-electron chi connectivity index (χ2n) is 4.16. The zero-order chi connectivity index (χ0) is 13.6. The number of carbonyl (C=O) groups excluding carboxylic acids is 2. The number of amides is 1. The van der Waals surface area contributed by atoms with Gasteiger partial charge in [-0.05, 0) is 25.1 Å². The average molecular weight is 278 g/mol. The quantitative estimate of drug-likeness (QED) is 0.805. The van der Waals surface area contributed by atoms with Crippen LogP contribution in [0.1, 0.15) is 28.0 Å². The summed E-state index contributed by atoms with van der Waals surface area (Å²) in [5.41, 5.74) is 0.778. The van der Waals surface area contributed by atoms with Gasteiger partial charge in [-0.3, -0.25) is 9.59 Å². The van der Waals surface area contributed by atoms with Crippen molar-refractivity contribution in [2.75, 3.05) is 5.32 Å². The molecule has 0 aliphatic carbocycles. The molecule has 7 heteroatoms. The number of aryl methyl sites for hydroxylation is 1. The van der Waals surface area contributed by atoms with E-state index in [0.717, 1.165) is 0 Å². The lowest BCUT2D eigenvalue weighted by Crippen LogP contribution is -2.33. The molecule has 1 atom stereocenters. The molecule has 1 N–H and O–H groups in total. The summed E-state index contributed by atoms with van der Waals surface area (Å²) in [6, 6.07) is 4.68. The third-order valence-electron chi connectivity index (χ3n) is 2.82. The SMILES string of the molecule is Cc1noc(C2C(=O)Nc3cc(Cl)ccc3C2=O)n1. The Hall–Kier alpha value is -2.21. The molecular formula is C12H8ClN3O3. The maximum atomic E-state index is 12.3. The Morgan fingerprint density at radius 2 is 2.16 bits per heavy atom. The van der Waals surface area contributed by atoms with Crippen LogP contribution in [0.4, 0.5) is 5.69 Å². The second kappa shape index (κ2) is 4.17. The third-order valence-corrected chi connectivity index (χ3v) is 3.05. The fourth-order valence-electron chi connectivity index (χ4n) is 1.97. The third kappa shape index (κ3) is 1.90. The van der Waals surface area contributed by atoms with Gasteiger partial charge < -0.3 is 9.84 Å². The number of hydrogen-bond donors (Lipinski definition) is 1. The summed E-state index contributed by atoms with van der Waals surface area (Å²) in [7, 11) is 0. The Morgan fingerprint density at radius 1 is 1.37 bits per heavy atom. The summed E-state index contributed by atoms with van der Waals surface area (Å²) in [6.07, 6.45) is 0. The molecule has 1 aromatic carbocycles. The van der Waals surface area contributed by atoms with E-state index in [1.807, 2.05) is 0 Å². The molecule has 1 aromatic heterocycles. The molecule has 1 aliphatic rings. The van der Waals surface area contributed by atoms with Crippen LogP contribution in [0, 0.1) is 6.92 Å². The number of fused-ring (bicyclic) bond motifs is 1. The predicted octanol–water partition coefficient (Wildman–Crippen LogP) is 1.95. The fourth-order valence-corrected chi connectivity index (χ4v) is 2.14. The largest absolute Gasteiger partial charge is 0.338 e. The molecule has 0 fully saturated rings. The maximum Gasteiger partial charge on any atom is 0.247 e. The normalized spacial score (nSPS) is 18.1. The van der Waals surface area contributed by atoms with Crippen LogP contribution in [0.15, 0.2) is 22.7 Å². The first-order chi connectivity index (χ1) is 9.06. The Labute approximate surface area is 112 Å². The van der Waals surface area contributed by atoms with E-state index < -0.39 is 11.8 Å². The Kier molecular flexibility index (Phi) is 2.60. The summed E-state index contributed by atoms with van der Waals surface area (Å²) < 4.78 is 4.91. The minimum absolute atomic E-state index is 0.000556. The van der Waals surface area contributed by atoms with Gasteiger partial charge in [-0.2, -0.15) is 4.98 Å². The number of benzene rings is 1. The van der Waals surface area contributed by atoms with E-state index in [2.05, 4.69) is 15.5 Å². The number of anilines is 1. The summed E-state index contributed by atoms with van der Waals surface area (Å²) in [4.78, 5) is 28.2. The van der Waals surface area contributed by atoms with E-state index in [4.69, 9.17) is 16.1 Å². The Morgan fingerprint density at radius 3 is 2.84 bits per heavy atom.